The maximum absolute atomic E-state index is 12.9. The minimum atomic E-state index is -0.156. The number of hydrogen-bond donors (Lipinski definition) is 1. The second-order valence-electron chi connectivity index (χ2n) is 4.81. The highest BCUT2D eigenvalue weighted by Crippen LogP contribution is 2.30. The van der Waals surface area contributed by atoms with Crippen molar-refractivity contribution in [2.45, 2.75) is 13.3 Å². The van der Waals surface area contributed by atoms with Crippen LogP contribution in [-0.2, 0) is 6.42 Å². The van der Waals surface area contributed by atoms with Crippen molar-refractivity contribution in [3.8, 4) is 0 Å². The fourth-order valence-corrected chi connectivity index (χ4v) is 2.63. The van der Waals surface area contributed by atoms with E-state index in [1.165, 1.54) is 0 Å². The number of halogens is 1. The molecule has 0 saturated carbocycles. The lowest BCUT2D eigenvalue weighted by Crippen LogP contribution is -2.07. The van der Waals surface area contributed by atoms with Crippen molar-refractivity contribution < 1.29 is 9.21 Å². The molecule has 2 N–H and O–H groups in total. The summed E-state index contributed by atoms with van der Waals surface area (Å²) >= 11 is 5.98. The number of fused-ring (bicyclic) bond motifs is 1. The second-order valence-corrected chi connectivity index (χ2v) is 5.25. The van der Waals surface area contributed by atoms with Crippen LogP contribution < -0.4 is 5.73 Å². The van der Waals surface area contributed by atoms with Gasteiger partial charge in [-0.05, 0) is 24.3 Å². The number of nitrogen functional groups attached to an aromatic ring is 1. The van der Waals surface area contributed by atoms with Crippen LogP contribution in [0.15, 0.2) is 46.9 Å². The minimum absolute atomic E-state index is 0.156. The van der Waals surface area contributed by atoms with Crippen LogP contribution in [0, 0.1) is 0 Å². The largest absolute Gasteiger partial charge is 0.460 e. The van der Waals surface area contributed by atoms with Crippen LogP contribution in [0.3, 0.4) is 0 Å². The van der Waals surface area contributed by atoms with Crippen molar-refractivity contribution in [1.82, 2.24) is 0 Å². The average Bonchev–Trinajstić information content (AvgIpc) is 2.87. The SMILES string of the molecule is CCc1oc2ccccc2c1C(=O)c1cc(Cl)ccc1N. The van der Waals surface area contributed by atoms with Gasteiger partial charge in [0.2, 0.25) is 0 Å². The molecular weight excluding hydrogens is 286 g/mol. The number of nitrogens with two attached hydrogens (primary N) is 1. The number of benzene rings is 2. The zero-order valence-electron chi connectivity index (χ0n) is 11.5. The number of ketones is 1. The highest BCUT2D eigenvalue weighted by atomic mass is 35.5. The quantitative estimate of drug-likeness (QED) is 0.574. The van der Waals surface area contributed by atoms with Gasteiger partial charge in [0.05, 0.1) is 5.56 Å². The van der Waals surface area contributed by atoms with Crippen molar-refractivity contribution in [2.75, 3.05) is 5.73 Å². The van der Waals surface area contributed by atoms with Crippen molar-refractivity contribution in [3.05, 3.63) is 64.4 Å². The van der Waals surface area contributed by atoms with Crippen molar-refractivity contribution in [1.29, 1.82) is 0 Å². The maximum Gasteiger partial charge on any atom is 0.199 e. The molecule has 0 fully saturated rings. The molecule has 3 rings (SSSR count). The first-order chi connectivity index (χ1) is 10.1. The van der Waals surface area contributed by atoms with Gasteiger partial charge >= 0.3 is 0 Å². The molecule has 106 valence electrons. The highest BCUT2D eigenvalue weighted by molar-refractivity contribution is 6.31. The molecule has 1 aromatic heterocycles. The van der Waals surface area contributed by atoms with Gasteiger partial charge in [-0.25, -0.2) is 0 Å². The Morgan fingerprint density at radius 2 is 2.00 bits per heavy atom. The first kappa shape index (κ1) is 13.7. The van der Waals surface area contributed by atoms with E-state index in [1.807, 2.05) is 31.2 Å². The van der Waals surface area contributed by atoms with Gasteiger partial charge in [0.1, 0.15) is 11.3 Å². The van der Waals surface area contributed by atoms with Gasteiger partial charge in [0.15, 0.2) is 5.78 Å². The smallest absolute Gasteiger partial charge is 0.199 e. The summed E-state index contributed by atoms with van der Waals surface area (Å²) in [5.41, 5.74) is 8.02. The predicted octanol–water partition coefficient (Wildman–Crippen LogP) is 4.46. The highest BCUT2D eigenvalue weighted by Gasteiger charge is 2.22. The molecule has 0 aliphatic carbocycles. The predicted molar refractivity (Wildman–Crippen MR) is 84.9 cm³/mol. The number of hydrogen-bond acceptors (Lipinski definition) is 3. The van der Waals surface area contributed by atoms with Gasteiger partial charge in [-0.1, -0.05) is 36.7 Å². The third-order valence-electron chi connectivity index (χ3n) is 3.48. The minimum Gasteiger partial charge on any atom is -0.460 e. The molecule has 21 heavy (non-hydrogen) atoms. The topological polar surface area (TPSA) is 56.2 Å². The summed E-state index contributed by atoms with van der Waals surface area (Å²) in [6, 6.07) is 12.4. The van der Waals surface area contributed by atoms with E-state index >= 15 is 0 Å². The first-order valence-electron chi connectivity index (χ1n) is 6.72. The zero-order valence-corrected chi connectivity index (χ0v) is 12.3. The van der Waals surface area contributed by atoms with Crippen LogP contribution in [0.25, 0.3) is 11.0 Å². The van der Waals surface area contributed by atoms with Crippen LogP contribution in [-0.4, -0.2) is 5.78 Å². The summed E-state index contributed by atoms with van der Waals surface area (Å²) in [6.07, 6.45) is 0.635. The van der Waals surface area contributed by atoms with Crippen LogP contribution in [0.2, 0.25) is 5.02 Å². The molecule has 0 aliphatic rings. The third-order valence-corrected chi connectivity index (χ3v) is 3.71. The lowest BCUT2D eigenvalue weighted by molar-refractivity contribution is 0.103. The molecule has 3 aromatic rings. The molecule has 2 aromatic carbocycles. The molecule has 3 nitrogen and oxygen atoms in total. The number of aryl methyl sites for hydroxylation is 1. The molecule has 0 radical (unpaired) electrons. The molecular formula is C17H14ClNO2. The van der Waals surface area contributed by atoms with Gasteiger partial charge in [0, 0.05) is 28.1 Å². The number of furan rings is 1. The molecule has 0 bridgehead atoms. The van der Waals surface area contributed by atoms with E-state index in [4.69, 9.17) is 21.8 Å². The summed E-state index contributed by atoms with van der Waals surface area (Å²) in [5, 5.41) is 1.29. The van der Waals surface area contributed by atoms with Crippen molar-refractivity contribution in [2.24, 2.45) is 0 Å². The summed E-state index contributed by atoms with van der Waals surface area (Å²) in [7, 11) is 0. The Labute approximate surface area is 127 Å². The van der Waals surface area contributed by atoms with Gasteiger partial charge in [-0.2, -0.15) is 0 Å². The molecule has 0 spiro atoms. The summed E-state index contributed by atoms with van der Waals surface area (Å²) < 4.78 is 5.77. The van der Waals surface area contributed by atoms with E-state index in [1.54, 1.807) is 18.2 Å². The Balaban J connectivity index is 2.24. The summed E-state index contributed by atoms with van der Waals surface area (Å²) in [5.74, 6) is 0.511. The van der Waals surface area contributed by atoms with E-state index in [-0.39, 0.29) is 5.78 Å². The lowest BCUT2D eigenvalue weighted by atomic mass is 9.98. The summed E-state index contributed by atoms with van der Waals surface area (Å²) in [4.78, 5) is 12.9. The molecule has 0 amide bonds. The van der Waals surface area contributed by atoms with E-state index in [9.17, 15) is 4.79 Å². The molecule has 0 unspecified atom stereocenters. The normalized spacial score (nSPS) is 11.0. The number of para-hydroxylation sites is 1. The number of rotatable bonds is 3. The molecule has 1 heterocycles. The number of anilines is 1. The Morgan fingerprint density at radius 3 is 2.76 bits per heavy atom. The van der Waals surface area contributed by atoms with E-state index in [2.05, 4.69) is 0 Å². The third kappa shape index (κ3) is 2.30. The molecule has 0 atom stereocenters. The van der Waals surface area contributed by atoms with Gasteiger partial charge in [0.25, 0.3) is 0 Å². The fraction of sp³-hybridized carbons (Fsp3) is 0.118. The Bertz CT molecular complexity index is 836. The van der Waals surface area contributed by atoms with Crippen LogP contribution in [0.5, 0.6) is 0 Å². The Hall–Kier alpha value is -2.26. The standard InChI is InChI=1S/C17H14ClNO2/c1-2-14-16(11-5-3-4-6-15(11)21-14)17(20)12-9-10(18)7-8-13(12)19/h3-9H,2,19H2,1H3. The van der Waals surface area contributed by atoms with Gasteiger partial charge in [-0.3, -0.25) is 4.79 Å². The van der Waals surface area contributed by atoms with Gasteiger partial charge in [-0.15, -0.1) is 0 Å². The molecule has 0 aliphatic heterocycles. The van der Waals surface area contributed by atoms with Gasteiger partial charge < -0.3 is 10.2 Å². The Morgan fingerprint density at radius 1 is 1.24 bits per heavy atom. The van der Waals surface area contributed by atoms with E-state index in [0.717, 1.165) is 5.39 Å². The van der Waals surface area contributed by atoms with Crippen molar-refractivity contribution in [3.63, 3.8) is 0 Å². The maximum atomic E-state index is 12.9. The fourth-order valence-electron chi connectivity index (χ4n) is 2.45. The monoisotopic (exact) mass is 299 g/mol. The number of carbonyl (C=O) groups is 1. The zero-order chi connectivity index (χ0) is 15.0. The average molecular weight is 300 g/mol. The summed E-state index contributed by atoms with van der Waals surface area (Å²) in [6.45, 7) is 1.95. The van der Waals surface area contributed by atoms with Crippen LogP contribution in [0.1, 0.15) is 28.6 Å². The number of carbonyl (C=O) groups excluding carboxylic acids is 1. The Kier molecular flexibility index (Phi) is 3.43. The lowest BCUT2D eigenvalue weighted by Gasteiger charge is -2.05. The van der Waals surface area contributed by atoms with E-state index < -0.39 is 0 Å². The second kappa shape index (κ2) is 5.26. The van der Waals surface area contributed by atoms with Crippen LogP contribution >= 0.6 is 11.6 Å². The first-order valence-corrected chi connectivity index (χ1v) is 7.09. The molecule has 0 saturated heterocycles. The van der Waals surface area contributed by atoms with Crippen LogP contribution in [0.4, 0.5) is 5.69 Å². The van der Waals surface area contributed by atoms with Crippen molar-refractivity contribution >= 4 is 34.0 Å². The molecule has 4 heteroatoms. The van der Waals surface area contributed by atoms with E-state index in [0.29, 0.717) is 39.6 Å².